The summed E-state index contributed by atoms with van der Waals surface area (Å²) in [7, 11) is 0. The van der Waals surface area contributed by atoms with Crippen LogP contribution in [0.25, 0.3) is 10.8 Å². The van der Waals surface area contributed by atoms with Gasteiger partial charge in [-0.15, -0.1) is 0 Å². The Morgan fingerprint density at radius 1 is 0.879 bits per heavy atom. The van der Waals surface area contributed by atoms with Gasteiger partial charge in [0, 0.05) is 13.0 Å². The van der Waals surface area contributed by atoms with Crippen LogP contribution in [0, 0.1) is 0 Å². The molecule has 0 fully saturated rings. The minimum atomic E-state index is -1.19. The molecule has 4 N–H and O–H groups in total. The topological polar surface area (TPSA) is 125 Å². The van der Waals surface area contributed by atoms with Gasteiger partial charge < -0.3 is 25.6 Å². The highest BCUT2D eigenvalue weighted by atomic mass is 16.5. The predicted octanol–water partition coefficient (Wildman–Crippen LogP) is 2.63. The van der Waals surface area contributed by atoms with Gasteiger partial charge in [-0.25, -0.2) is 9.59 Å². The van der Waals surface area contributed by atoms with E-state index in [9.17, 15) is 24.6 Å². The van der Waals surface area contributed by atoms with Crippen LogP contribution < -0.4 is 10.6 Å². The van der Waals surface area contributed by atoms with Crippen molar-refractivity contribution in [3.63, 3.8) is 0 Å². The summed E-state index contributed by atoms with van der Waals surface area (Å²) in [5.74, 6) is -1.80. The fourth-order valence-electron chi connectivity index (χ4n) is 3.32. The minimum Gasteiger partial charge on any atom is -0.480 e. The molecule has 0 heterocycles. The molecule has 3 aromatic rings. The number of fused-ring (bicyclic) bond motifs is 1. The zero-order valence-electron chi connectivity index (χ0n) is 17.9. The summed E-state index contributed by atoms with van der Waals surface area (Å²) in [4.78, 5) is 35.6. The van der Waals surface area contributed by atoms with Crippen molar-refractivity contribution in [3.05, 3.63) is 83.9 Å². The molecule has 0 aliphatic carbocycles. The van der Waals surface area contributed by atoms with Gasteiger partial charge in [0.2, 0.25) is 5.91 Å². The molecule has 0 spiro atoms. The van der Waals surface area contributed by atoms with Crippen LogP contribution in [-0.4, -0.2) is 46.9 Å². The lowest BCUT2D eigenvalue weighted by atomic mass is 10.0. The van der Waals surface area contributed by atoms with Crippen molar-refractivity contribution in [2.75, 3.05) is 6.54 Å². The van der Waals surface area contributed by atoms with Gasteiger partial charge in [0.05, 0.1) is 12.5 Å². The van der Waals surface area contributed by atoms with E-state index in [4.69, 9.17) is 4.74 Å². The van der Waals surface area contributed by atoms with Gasteiger partial charge in [-0.1, -0.05) is 72.8 Å². The first-order chi connectivity index (χ1) is 15.9. The fourth-order valence-corrected chi connectivity index (χ4v) is 3.32. The summed E-state index contributed by atoms with van der Waals surface area (Å²) in [6.45, 7) is -0.123. The number of hydrogen-bond donors (Lipinski definition) is 4. The molecule has 172 valence electrons. The number of carbonyl (C=O) groups is 3. The highest BCUT2D eigenvalue weighted by Crippen LogP contribution is 2.17. The number of aliphatic carboxylic acids is 1. The molecule has 0 radical (unpaired) electrons. The third-order valence-electron chi connectivity index (χ3n) is 5.00. The molecule has 0 aliphatic heterocycles. The van der Waals surface area contributed by atoms with Gasteiger partial charge in [-0.05, 0) is 21.9 Å². The second kappa shape index (κ2) is 11.6. The van der Waals surface area contributed by atoms with Crippen molar-refractivity contribution in [2.24, 2.45) is 0 Å². The molecule has 3 aromatic carbocycles. The van der Waals surface area contributed by atoms with Gasteiger partial charge in [0.15, 0.2) is 0 Å². The van der Waals surface area contributed by atoms with Crippen LogP contribution in [-0.2, 0) is 27.4 Å². The van der Waals surface area contributed by atoms with Crippen LogP contribution in [0.3, 0.4) is 0 Å². The zero-order valence-corrected chi connectivity index (χ0v) is 17.9. The predicted molar refractivity (Wildman–Crippen MR) is 122 cm³/mol. The largest absolute Gasteiger partial charge is 0.480 e. The number of hydrogen-bond acceptors (Lipinski definition) is 5. The maximum atomic E-state index is 12.2. The highest BCUT2D eigenvalue weighted by molar-refractivity contribution is 5.85. The first kappa shape index (κ1) is 23.7. The van der Waals surface area contributed by atoms with Crippen LogP contribution in [0.15, 0.2) is 72.8 Å². The van der Waals surface area contributed by atoms with Crippen molar-refractivity contribution in [3.8, 4) is 0 Å². The van der Waals surface area contributed by atoms with E-state index in [0.29, 0.717) is 0 Å². The normalized spacial score (nSPS) is 12.5. The fraction of sp³-hybridized carbons (Fsp3) is 0.240. The van der Waals surface area contributed by atoms with E-state index in [1.807, 2.05) is 72.8 Å². The zero-order chi connectivity index (χ0) is 23.6. The van der Waals surface area contributed by atoms with E-state index in [1.54, 1.807) is 0 Å². The van der Waals surface area contributed by atoms with Crippen LogP contribution in [0.1, 0.15) is 17.5 Å². The summed E-state index contributed by atoms with van der Waals surface area (Å²) in [6.07, 6.45) is -2.17. The molecular formula is C25H26N2O6. The minimum absolute atomic E-state index is 0.0817. The lowest BCUT2D eigenvalue weighted by Gasteiger charge is -2.17. The third kappa shape index (κ3) is 7.62. The summed E-state index contributed by atoms with van der Waals surface area (Å²) < 4.78 is 5.04. The van der Waals surface area contributed by atoms with Crippen molar-refractivity contribution in [1.82, 2.24) is 10.6 Å². The molecule has 2 atom stereocenters. The molecular weight excluding hydrogens is 424 g/mol. The van der Waals surface area contributed by atoms with Crippen LogP contribution >= 0.6 is 0 Å². The number of alkyl carbamates (subject to hydrolysis) is 1. The molecule has 8 heteroatoms. The van der Waals surface area contributed by atoms with Crippen molar-refractivity contribution in [1.29, 1.82) is 0 Å². The van der Waals surface area contributed by atoms with Gasteiger partial charge >= 0.3 is 12.1 Å². The average Bonchev–Trinajstić information content (AvgIpc) is 2.81. The number of carbonyl (C=O) groups excluding carboxylic acids is 2. The molecule has 0 unspecified atom stereocenters. The van der Waals surface area contributed by atoms with Gasteiger partial charge in [0.25, 0.3) is 0 Å². The Labute approximate surface area is 191 Å². The number of ether oxygens (including phenoxy) is 1. The Morgan fingerprint density at radius 2 is 1.58 bits per heavy atom. The summed E-state index contributed by atoms with van der Waals surface area (Å²) in [6, 6.07) is 21.3. The Morgan fingerprint density at radius 3 is 2.30 bits per heavy atom. The number of benzene rings is 3. The van der Waals surface area contributed by atoms with Crippen LogP contribution in [0.5, 0.6) is 0 Å². The maximum Gasteiger partial charge on any atom is 0.407 e. The summed E-state index contributed by atoms with van der Waals surface area (Å²) in [5, 5.41) is 26.4. The first-order valence-corrected chi connectivity index (χ1v) is 10.5. The lowest BCUT2D eigenvalue weighted by Crippen LogP contribution is -2.44. The van der Waals surface area contributed by atoms with Crippen LogP contribution in [0.4, 0.5) is 4.79 Å². The van der Waals surface area contributed by atoms with Crippen LogP contribution in [0.2, 0.25) is 0 Å². The Balaban J connectivity index is 1.44. The van der Waals surface area contributed by atoms with Crippen molar-refractivity contribution < 1.29 is 29.3 Å². The number of carboxylic acid groups (broad SMARTS) is 1. The number of nitrogens with one attached hydrogen (secondary N) is 2. The molecule has 0 aromatic heterocycles. The van der Waals surface area contributed by atoms with E-state index >= 15 is 0 Å². The van der Waals surface area contributed by atoms with E-state index in [2.05, 4.69) is 10.6 Å². The van der Waals surface area contributed by atoms with E-state index in [0.717, 1.165) is 21.9 Å². The Kier molecular flexibility index (Phi) is 8.37. The number of carboxylic acids is 1. The summed E-state index contributed by atoms with van der Waals surface area (Å²) in [5.41, 5.74) is 1.59. The molecule has 8 nitrogen and oxygen atoms in total. The molecule has 0 aliphatic rings. The van der Waals surface area contributed by atoms with Gasteiger partial charge in [0.1, 0.15) is 12.6 Å². The van der Waals surface area contributed by atoms with Crippen molar-refractivity contribution >= 4 is 28.7 Å². The molecule has 2 amide bonds. The third-order valence-corrected chi connectivity index (χ3v) is 5.00. The smallest absolute Gasteiger partial charge is 0.407 e. The van der Waals surface area contributed by atoms with E-state index < -0.39 is 30.1 Å². The van der Waals surface area contributed by atoms with Gasteiger partial charge in [-0.2, -0.15) is 0 Å². The Hall–Kier alpha value is -3.91. The Bertz CT molecular complexity index is 1100. The lowest BCUT2D eigenvalue weighted by molar-refractivity contribution is -0.142. The van der Waals surface area contributed by atoms with Crippen molar-refractivity contribution in [2.45, 2.75) is 31.6 Å². The molecule has 3 rings (SSSR count). The SMILES string of the molecule is O=C(C[C@@H](O)CNC(=O)OCc1ccccc1)N[C@H](Cc1ccc2ccccc2c1)C(=O)O. The quantitative estimate of drug-likeness (QED) is 0.376. The monoisotopic (exact) mass is 450 g/mol. The highest BCUT2D eigenvalue weighted by Gasteiger charge is 2.22. The average molecular weight is 450 g/mol. The number of rotatable bonds is 10. The number of aliphatic hydroxyl groups excluding tert-OH is 1. The second-order valence-electron chi connectivity index (χ2n) is 7.64. The number of amides is 2. The molecule has 0 saturated heterocycles. The second-order valence-corrected chi connectivity index (χ2v) is 7.64. The molecule has 0 bridgehead atoms. The molecule has 0 saturated carbocycles. The number of aliphatic hydroxyl groups is 1. The first-order valence-electron chi connectivity index (χ1n) is 10.5. The standard InChI is InChI=1S/C25H26N2O6/c28-21(15-26-25(32)33-16-17-6-2-1-3-7-17)14-23(29)27-22(24(30)31)13-18-10-11-19-8-4-5-9-20(19)12-18/h1-12,21-22,28H,13-16H2,(H,26,32)(H,27,29)(H,30,31)/t21-,22-/m1/s1. The molecule has 33 heavy (non-hydrogen) atoms. The summed E-state index contributed by atoms with van der Waals surface area (Å²) >= 11 is 0. The van der Waals surface area contributed by atoms with E-state index in [1.165, 1.54) is 0 Å². The maximum absolute atomic E-state index is 12.2. The van der Waals surface area contributed by atoms with Gasteiger partial charge in [-0.3, -0.25) is 4.79 Å². The van der Waals surface area contributed by atoms with E-state index in [-0.39, 0.29) is 26.0 Å².